The largest absolute Gasteiger partial charge is 0.496 e. The van der Waals surface area contributed by atoms with E-state index in [9.17, 15) is 0 Å². The highest BCUT2D eigenvalue weighted by Gasteiger charge is 2.13. The van der Waals surface area contributed by atoms with Crippen molar-refractivity contribution >= 4 is 15.9 Å². The summed E-state index contributed by atoms with van der Waals surface area (Å²) in [5, 5.41) is 0. The van der Waals surface area contributed by atoms with Gasteiger partial charge in [-0.3, -0.25) is 0 Å². The lowest BCUT2D eigenvalue weighted by Crippen LogP contribution is -2.06. The molecule has 16 heavy (non-hydrogen) atoms. The molecule has 0 fully saturated rings. The average Bonchev–Trinajstić information content (AvgIpc) is 2.25. The van der Waals surface area contributed by atoms with E-state index in [1.54, 1.807) is 7.11 Å². The van der Waals surface area contributed by atoms with E-state index in [1.807, 2.05) is 6.07 Å². The first kappa shape index (κ1) is 13.5. The Morgan fingerprint density at radius 3 is 2.56 bits per heavy atom. The molecule has 0 unspecified atom stereocenters. The van der Waals surface area contributed by atoms with Gasteiger partial charge < -0.3 is 9.57 Å². The predicted molar refractivity (Wildman–Crippen MR) is 68.6 cm³/mol. The summed E-state index contributed by atoms with van der Waals surface area (Å²) in [6.45, 7) is 4.78. The van der Waals surface area contributed by atoms with Gasteiger partial charge in [-0.05, 0) is 29.2 Å². The van der Waals surface area contributed by atoms with Crippen molar-refractivity contribution in [1.82, 2.24) is 0 Å². The van der Waals surface area contributed by atoms with Gasteiger partial charge in [0.1, 0.15) is 5.75 Å². The minimum absolute atomic E-state index is 0.421. The summed E-state index contributed by atoms with van der Waals surface area (Å²) in [5.41, 5.74) is 2.31. The quantitative estimate of drug-likeness (QED) is 0.847. The normalized spacial score (nSPS) is 10.9. The number of halogens is 1. The number of benzene rings is 1. The Bertz CT molecular complexity index is 353. The maximum absolute atomic E-state index is 5.47. The lowest BCUT2D eigenvalue weighted by molar-refractivity contribution is 0.140. The molecule has 1 aromatic carbocycles. The van der Waals surface area contributed by atoms with E-state index in [-0.39, 0.29) is 0 Å². The average molecular weight is 288 g/mol. The zero-order chi connectivity index (χ0) is 12.1. The van der Waals surface area contributed by atoms with Crippen LogP contribution in [-0.2, 0) is 11.3 Å². The monoisotopic (exact) mass is 287 g/mol. The SMILES string of the molecule is COc1c(CCON)cc(Br)cc1C(C)C. The fourth-order valence-corrected chi connectivity index (χ4v) is 2.23. The number of methoxy groups -OCH3 is 1. The molecule has 0 saturated heterocycles. The van der Waals surface area contributed by atoms with Crippen LogP contribution in [-0.4, -0.2) is 13.7 Å². The minimum Gasteiger partial charge on any atom is -0.496 e. The molecular formula is C12H18BrNO2. The summed E-state index contributed by atoms with van der Waals surface area (Å²) in [4.78, 5) is 4.61. The van der Waals surface area contributed by atoms with Gasteiger partial charge >= 0.3 is 0 Å². The second-order valence-corrected chi connectivity index (χ2v) is 4.88. The van der Waals surface area contributed by atoms with Crippen molar-refractivity contribution in [1.29, 1.82) is 0 Å². The zero-order valence-electron chi connectivity index (χ0n) is 9.92. The number of nitrogens with two attached hydrogens (primary N) is 1. The second-order valence-electron chi connectivity index (χ2n) is 3.96. The van der Waals surface area contributed by atoms with E-state index >= 15 is 0 Å². The molecule has 1 rings (SSSR count). The van der Waals surface area contributed by atoms with Crippen LogP contribution >= 0.6 is 15.9 Å². The van der Waals surface area contributed by atoms with Gasteiger partial charge in [0, 0.05) is 10.9 Å². The summed E-state index contributed by atoms with van der Waals surface area (Å²) < 4.78 is 6.53. The van der Waals surface area contributed by atoms with Crippen molar-refractivity contribution in [2.75, 3.05) is 13.7 Å². The highest BCUT2D eigenvalue weighted by molar-refractivity contribution is 9.10. The van der Waals surface area contributed by atoms with E-state index in [0.717, 1.165) is 22.2 Å². The van der Waals surface area contributed by atoms with E-state index in [2.05, 4.69) is 40.7 Å². The molecule has 0 bridgehead atoms. The standard InChI is InChI=1S/C12H18BrNO2/c1-8(2)11-7-10(13)6-9(4-5-16-14)12(11)15-3/h6-8H,4-5,14H2,1-3H3. The van der Waals surface area contributed by atoms with Crippen LogP contribution in [0.4, 0.5) is 0 Å². The van der Waals surface area contributed by atoms with Crippen LogP contribution in [0.15, 0.2) is 16.6 Å². The van der Waals surface area contributed by atoms with E-state index < -0.39 is 0 Å². The summed E-state index contributed by atoms with van der Waals surface area (Å²) in [6, 6.07) is 4.14. The van der Waals surface area contributed by atoms with E-state index in [1.165, 1.54) is 5.56 Å². The molecule has 0 spiro atoms. The van der Waals surface area contributed by atoms with Crippen molar-refractivity contribution in [2.45, 2.75) is 26.2 Å². The van der Waals surface area contributed by atoms with Gasteiger partial charge in [0.2, 0.25) is 0 Å². The topological polar surface area (TPSA) is 44.5 Å². The molecule has 0 heterocycles. The summed E-state index contributed by atoms with van der Waals surface area (Å²) >= 11 is 3.51. The first-order valence-corrected chi connectivity index (χ1v) is 6.07. The number of hydrogen-bond acceptors (Lipinski definition) is 3. The summed E-state index contributed by atoms with van der Waals surface area (Å²) in [6.07, 6.45) is 0.749. The molecule has 90 valence electrons. The highest BCUT2D eigenvalue weighted by Crippen LogP contribution is 2.33. The van der Waals surface area contributed by atoms with Crippen LogP contribution in [0.5, 0.6) is 5.75 Å². The maximum atomic E-state index is 5.47. The van der Waals surface area contributed by atoms with Crippen LogP contribution in [0.3, 0.4) is 0 Å². The third-order valence-electron chi connectivity index (χ3n) is 2.47. The fourth-order valence-electron chi connectivity index (χ4n) is 1.71. The molecule has 0 atom stereocenters. The Hall–Kier alpha value is -0.580. The summed E-state index contributed by atoms with van der Waals surface area (Å²) in [7, 11) is 1.70. The molecule has 0 aromatic heterocycles. The van der Waals surface area contributed by atoms with Crippen LogP contribution in [0.1, 0.15) is 30.9 Å². The van der Waals surface area contributed by atoms with Crippen molar-refractivity contribution < 1.29 is 9.57 Å². The molecule has 0 aliphatic heterocycles. The van der Waals surface area contributed by atoms with Crippen LogP contribution in [0.2, 0.25) is 0 Å². The molecule has 0 saturated carbocycles. The Morgan fingerprint density at radius 1 is 1.38 bits per heavy atom. The molecule has 1 aromatic rings. The third-order valence-corrected chi connectivity index (χ3v) is 2.93. The van der Waals surface area contributed by atoms with Gasteiger partial charge in [0.05, 0.1) is 13.7 Å². The number of hydrogen-bond donors (Lipinski definition) is 1. The smallest absolute Gasteiger partial charge is 0.125 e. The van der Waals surface area contributed by atoms with Gasteiger partial charge in [-0.1, -0.05) is 29.8 Å². The molecule has 2 N–H and O–H groups in total. The Balaban J connectivity index is 3.14. The van der Waals surface area contributed by atoms with E-state index in [4.69, 9.17) is 10.6 Å². The van der Waals surface area contributed by atoms with Crippen molar-refractivity contribution in [3.8, 4) is 5.75 Å². The van der Waals surface area contributed by atoms with Gasteiger partial charge in [0.15, 0.2) is 0 Å². The number of rotatable bonds is 5. The zero-order valence-corrected chi connectivity index (χ0v) is 11.5. The molecule has 0 amide bonds. The van der Waals surface area contributed by atoms with Gasteiger partial charge in [-0.2, -0.15) is 0 Å². The lowest BCUT2D eigenvalue weighted by atomic mass is 9.98. The van der Waals surface area contributed by atoms with Crippen molar-refractivity contribution in [3.63, 3.8) is 0 Å². The lowest BCUT2D eigenvalue weighted by Gasteiger charge is -2.16. The second kappa shape index (κ2) is 6.23. The van der Waals surface area contributed by atoms with E-state index in [0.29, 0.717) is 12.5 Å². The fraction of sp³-hybridized carbons (Fsp3) is 0.500. The van der Waals surface area contributed by atoms with Gasteiger partial charge in [0.25, 0.3) is 0 Å². The highest BCUT2D eigenvalue weighted by atomic mass is 79.9. The first-order chi connectivity index (χ1) is 7.60. The molecular weight excluding hydrogens is 270 g/mol. The Kier molecular flexibility index (Phi) is 5.25. The Morgan fingerprint density at radius 2 is 2.06 bits per heavy atom. The van der Waals surface area contributed by atoms with Crippen molar-refractivity contribution in [2.24, 2.45) is 5.90 Å². The van der Waals surface area contributed by atoms with Crippen LogP contribution < -0.4 is 10.6 Å². The van der Waals surface area contributed by atoms with Crippen LogP contribution in [0.25, 0.3) is 0 Å². The number of ether oxygens (including phenoxy) is 1. The molecule has 0 aliphatic carbocycles. The van der Waals surface area contributed by atoms with Crippen molar-refractivity contribution in [3.05, 3.63) is 27.7 Å². The first-order valence-electron chi connectivity index (χ1n) is 5.28. The van der Waals surface area contributed by atoms with Crippen LogP contribution in [0, 0.1) is 0 Å². The summed E-state index contributed by atoms with van der Waals surface area (Å²) in [5.74, 6) is 6.41. The Labute approximate surface area is 105 Å². The molecule has 3 nitrogen and oxygen atoms in total. The van der Waals surface area contributed by atoms with Gasteiger partial charge in [-0.25, -0.2) is 5.90 Å². The minimum atomic E-state index is 0.421. The predicted octanol–water partition coefficient (Wildman–Crippen LogP) is 3.01. The molecule has 4 heteroatoms. The molecule has 0 radical (unpaired) electrons. The maximum Gasteiger partial charge on any atom is 0.125 e. The molecule has 0 aliphatic rings. The third kappa shape index (κ3) is 3.20. The van der Waals surface area contributed by atoms with Gasteiger partial charge in [-0.15, -0.1) is 0 Å².